The van der Waals surface area contributed by atoms with Crippen molar-refractivity contribution in [1.82, 2.24) is 10.3 Å². The highest BCUT2D eigenvalue weighted by atomic mass is 32.1. The molecule has 3 rings (SSSR count). The molecule has 0 saturated heterocycles. The van der Waals surface area contributed by atoms with E-state index in [1.165, 1.54) is 29.9 Å². The summed E-state index contributed by atoms with van der Waals surface area (Å²) in [6.07, 6.45) is 3.24. The number of hydrogen-bond acceptors (Lipinski definition) is 5. The van der Waals surface area contributed by atoms with Crippen LogP contribution in [0.2, 0.25) is 0 Å². The zero-order valence-corrected chi connectivity index (χ0v) is 16.2. The summed E-state index contributed by atoms with van der Waals surface area (Å²) < 4.78 is 18.1. The first-order valence-corrected chi connectivity index (χ1v) is 10.00. The van der Waals surface area contributed by atoms with Crippen LogP contribution in [0.3, 0.4) is 0 Å². The average molecular weight is 390 g/mol. The maximum absolute atomic E-state index is 13.0. The number of rotatable bonds is 5. The Balaban J connectivity index is 1.52. The van der Waals surface area contributed by atoms with E-state index in [0.29, 0.717) is 16.8 Å². The number of ether oxygens (including phenoxy) is 1. The molecular formula is C20H23FN2O3S. The van der Waals surface area contributed by atoms with Crippen molar-refractivity contribution in [3.63, 3.8) is 0 Å². The van der Waals surface area contributed by atoms with E-state index in [1.807, 2.05) is 0 Å². The lowest BCUT2D eigenvalue weighted by Gasteiger charge is -2.34. The van der Waals surface area contributed by atoms with Gasteiger partial charge in [0.15, 0.2) is 12.3 Å². The fraction of sp³-hybridized carbons (Fsp3) is 0.450. The number of benzene rings is 1. The number of halogens is 1. The summed E-state index contributed by atoms with van der Waals surface area (Å²) in [6, 6.07) is 6.01. The van der Waals surface area contributed by atoms with Crippen LogP contribution in [0.4, 0.5) is 4.39 Å². The Labute approximate surface area is 162 Å². The predicted octanol–water partition coefficient (Wildman–Crippen LogP) is 4.05. The van der Waals surface area contributed by atoms with Gasteiger partial charge in [0, 0.05) is 17.0 Å². The van der Waals surface area contributed by atoms with Crippen LogP contribution in [0.25, 0.3) is 10.6 Å². The molecule has 5 nitrogen and oxygen atoms in total. The van der Waals surface area contributed by atoms with Gasteiger partial charge in [-0.2, -0.15) is 0 Å². The van der Waals surface area contributed by atoms with E-state index in [2.05, 4.69) is 24.1 Å². The second-order valence-electron chi connectivity index (χ2n) is 7.06. The van der Waals surface area contributed by atoms with Crippen molar-refractivity contribution in [1.29, 1.82) is 0 Å². The summed E-state index contributed by atoms with van der Waals surface area (Å²) in [6.45, 7) is 4.02. The topological polar surface area (TPSA) is 68.3 Å². The van der Waals surface area contributed by atoms with Gasteiger partial charge in [0.2, 0.25) is 0 Å². The molecule has 1 amide bonds. The van der Waals surface area contributed by atoms with Gasteiger partial charge >= 0.3 is 5.97 Å². The smallest absolute Gasteiger partial charge is 0.358 e. The Morgan fingerprint density at radius 2 is 2.00 bits per heavy atom. The molecule has 1 aliphatic rings. The molecule has 1 saturated carbocycles. The summed E-state index contributed by atoms with van der Waals surface area (Å²) in [5, 5.41) is 5.14. The molecule has 7 heteroatoms. The van der Waals surface area contributed by atoms with Crippen molar-refractivity contribution in [2.45, 2.75) is 39.2 Å². The first kappa shape index (κ1) is 19.5. The van der Waals surface area contributed by atoms with Crippen molar-refractivity contribution < 1.29 is 18.7 Å². The van der Waals surface area contributed by atoms with Gasteiger partial charge in [0.25, 0.3) is 5.91 Å². The van der Waals surface area contributed by atoms with E-state index in [-0.39, 0.29) is 30.1 Å². The van der Waals surface area contributed by atoms with Crippen molar-refractivity contribution in [3.05, 3.63) is 41.2 Å². The minimum atomic E-state index is -0.639. The third-order valence-corrected chi connectivity index (χ3v) is 6.08. The average Bonchev–Trinajstić information content (AvgIpc) is 3.14. The molecule has 2 aromatic rings. The Morgan fingerprint density at radius 1 is 1.26 bits per heavy atom. The third-order valence-electron chi connectivity index (χ3n) is 5.19. The van der Waals surface area contributed by atoms with E-state index < -0.39 is 5.97 Å². The lowest BCUT2D eigenvalue weighted by atomic mass is 9.78. The van der Waals surface area contributed by atoms with Crippen LogP contribution in [0.15, 0.2) is 29.6 Å². The van der Waals surface area contributed by atoms with Gasteiger partial charge in [0.1, 0.15) is 10.8 Å². The van der Waals surface area contributed by atoms with Crippen LogP contribution >= 0.6 is 11.3 Å². The van der Waals surface area contributed by atoms with Gasteiger partial charge in [-0.25, -0.2) is 14.2 Å². The highest BCUT2D eigenvalue weighted by Gasteiger charge is 2.28. The minimum absolute atomic E-state index is 0.129. The molecular weight excluding hydrogens is 367 g/mol. The van der Waals surface area contributed by atoms with E-state index in [1.54, 1.807) is 17.5 Å². The van der Waals surface area contributed by atoms with Gasteiger partial charge in [0.05, 0.1) is 0 Å². The first-order valence-electron chi connectivity index (χ1n) is 9.12. The Morgan fingerprint density at radius 3 is 2.74 bits per heavy atom. The van der Waals surface area contributed by atoms with Gasteiger partial charge in [-0.15, -0.1) is 11.3 Å². The largest absolute Gasteiger partial charge is 0.451 e. The molecule has 1 N–H and O–H groups in total. The summed E-state index contributed by atoms with van der Waals surface area (Å²) in [5.74, 6) is -0.271. The molecule has 1 aromatic heterocycles. The molecule has 0 radical (unpaired) electrons. The zero-order valence-electron chi connectivity index (χ0n) is 15.4. The quantitative estimate of drug-likeness (QED) is 0.782. The van der Waals surface area contributed by atoms with E-state index in [9.17, 15) is 14.0 Å². The maximum Gasteiger partial charge on any atom is 0.358 e. The number of amides is 1. The molecule has 1 aliphatic carbocycles. The molecule has 0 aliphatic heterocycles. The Hall–Kier alpha value is -2.28. The summed E-state index contributed by atoms with van der Waals surface area (Å²) >= 11 is 1.27. The fourth-order valence-corrected chi connectivity index (χ4v) is 4.13. The second-order valence-corrected chi connectivity index (χ2v) is 7.92. The normalized spacial score (nSPS) is 22.3. The number of hydrogen-bond donors (Lipinski definition) is 1. The molecule has 1 heterocycles. The van der Waals surface area contributed by atoms with Crippen LogP contribution in [0.1, 0.15) is 43.6 Å². The standard InChI is InChI=1S/C20H23FN2O3S/c1-12-4-3-5-16(13(12)2)22-18(24)10-26-20(25)17-11-27-19(23-17)14-6-8-15(21)9-7-14/h6-9,11-13,16H,3-5,10H2,1-2H3,(H,22,24)/t12-,13-,16+/m1/s1. The lowest BCUT2D eigenvalue weighted by Crippen LogP contribution is -2.45. The maximum atomic E-state index is 13.0. The minimum Gasteiger partial charge on any atom is -0.451 e. The number of thiazole rings is 1. The third kappa shape index (κ3) is 4.91. The van der Waals surface area contributed by atoms with Gasteiger partial charge in [-0.05, 0) is 42.5 Å². The van der Waals surface area contributed by atoms with Gasteiger partial charge < -0.3 is 10.1 Å². The zero-order chi connectivity index (χ0) is 19.4. The number of aromatic nitrogens is 1. The van der Waals surface area contributed by atoms with Gasteiger partial charge in [-0.3, -0.25) is 4.79 Å². The number of carbonyl (C=O) groups is 2. The molecule has 0 unspecified atom stereocenters. The van der Waals surface area contributed by atoms with Crippen LogP contribution in [-0.4, -0.2) is 29.5 Å². The van der Waals surface area contributed by atoms with Crippen LogP contribution < -0.4 is 5.32 Å². The highest BCUT2D eigenvalue weighted by molar-refractivity contribution is 7.13. The molecule has 0 bridgehead atoms. The lowest BCUT2D eigenvalue weighted by molar-refractivity contribution is -0.125. The second kappa shape index (κ2) is 8.61. The van der Waals surface area contributed by atoms with Crippen LogP contribution in [-0.2, 0) is 9.53 Å². The predicted molar refractivity (Wildman–Crippen MR) is 102 cm³/mol. The fourth-order valence-electron chi connectivity index (χ4n) is 3.33. The molecule has 144 valence electrons. The van der Waals surface area contributed by atoms with Crippen molar-refractivity contribution in [3.8, 4) is 10.6 Å². The van der Waals surface area contributed by atoms with Crippen LogP contribution in [0.5, 0.6) is 0 Å². The van der Waals surface area contributed by atoms with Crippen LogP contribution in [0, 0.1) is 17.7 Å². The number of carbonyl (C=O) groups excluding carboxylic acids is 2. The van der Waals surface area contributed by atoms with E-state index >= 15 is 0 Å². The molecule has 1 aromatic carbocycles. The Kier molecular flexibility index (Phi) is 6.21. The highest BCUT2D eigenvalue weighted by Crippen LogP contribution is 2.29. The Bertz CT molecular complexity index is 806. The van der Waals surface area contributed by atoms with Gasteiger partial charge in [-0.1, -0.05) is 26.7 Å². The van der Waals surface area contributed by atoms with Crippen molar-refractivity contribution in [2.75, 3.05) is 6.61 Å². The monoisotopic (exact) mass is 390 g/mol. The molecule has 0 spiro atoms. The summed E-state index contributed by atoms with van der Waals surface area (Å²) in [5.41, 5.74) is 0.866. The van der Waals surface area contributed by atoms with E-state index in [4.69, 9.17) is 4.74 Å². The summed E-state index contributed by atoms with van der Waals surface area (Å²) in [7, 11) is 0. The summed E-state index contributed by atoms with van der Waals surface area (Å²) in [4.78, 5) is 28.5. The number of nitrogens with one attached hydrogen (secondary N) is 1. The first-order chi connectivity index (χ1) is 12.9. The van der Waals surface area contributed by atoms with Crippen molar-refractivity contribution >= 4 is 23.2 Å². The molecule has 27 heavy (non-hydrogen) atoms. The van der Waals surface area contributed by atoms with Crippen molar-refractivity contribution in [2.24, 2.45) is 11.8 Å². The number of nitrogens with zero attached hydrogens (tertiary/aromatic N) is 1. The molecule has 3 atom stereocenters. The van der Waals surface area contributed by atoms with E-state index in [0.717, 1.165) is 18.4 Å². The SMILES string of the molecule is C[C@@H]1[C@H](C)CCC[C@@H]1NC(=O)COC(=O)c1csc(-c2ccc(F)cc2)n1. The molecule has 1 fully saturated rings. The number of esters is 1.